The Bertz CT molecular complexity index is 745. The van der Waals surface area contributed by atoms with Crippen LogP contribution in [0.15, 0.2) is 29.6 Å². The van der Waals surface area contributed by atoms with Crippen molar-refractivity contribution in [2.24, 2.45) is 5.73 Å². The van der Waals surface area contributed by atoms with Crippen LogP contribution in [0.4, 0.5) is 0 Å². The molecular formula is C19H26N4O2S. The SMILES string of the molecule is CC(C)N(CCNC(=O)c1csc(-c2ccc(C(N)=O)cc2)n1)C(C)C. The van der Waals surface area contributed by atoms with Gasteiger partial charge in [-0.3, -0.25) is 14.5 Å². The van der Waals surface area contributed by atoms with E-state index in [-0.39, 0.29) is 5.91 Å². The number of amides is 2. The summed E-state index contributed by atoms with van der Waals surface area (Å²) in [7, 11) is 0. The molecule has 0 aliphatic rings. The van der Waals surface area contributed by atoms with Crippen LogP contribution in [0.2, 0.25) is 0 Å². The third kappa shape index (κ3) is 5.12. The van der Waals surface area contributed by atoms with Gasteiger partial charge in [-0.05, 0) is 39.8 Å². The third-order valence-corrected chi connectivity index (χ3v) is 5.03. The number of carbonyl (C=O) groups excluding carboxylic acids is 2. The van der Waals surface area contributed by atoms with Gasteiger partial charge in [0, 0.05) is 41.7 Å². The predicted octanol–water partition coefficient (Wildman–Crippen LogP) is 2.76. The summed E-state index contributed by atoms with van der Waals surface area (Å²) in [6.07, 6.45) is 0. The zero-order valence-electron chi connectivity index (χ0n) is 15.7. The van der Waals surface area contributed by atoms with Crippen molar-refractivity contribution >= 4 is 23.2 Å². The van der Waals surface area contributed by atoms with E-state index in [0.29, 0.717) is 29.9 Å². The van der Waals surface area contributed by atoms with Crippen molar-refractivity contribution in [3.05, 3.63) is 40.9 Å². The lowest BCUT2D eigenvalue weighted by Gasteiger charge is -2.30. The summed E-state index contributed by atoms with van der Waals surface area (Å²) < 4.78 is 0. The predicted molar refractivity (Wildman–Crippen MR) is 105 cm³/mol. The normalized spacial score (nSPS) is 11.3. The van der Waals surface area contributed by atoms with E-state index in [9.17, 15) is 9.59 Å². The second-order valence-corrected chi connectivity index (χ2v) is 7.52. The molecule has 0 saturated heterocycles. The van der Waals surface area contributed by atoms with Gasteiger partial charge in [0.2, 0.25) is 5.91 Å². The summed E-state index contributed by atoms with van der Waals surface area (Å²) in [5.74, 6) is -0.638. The van der Waals surface area contributed by atoms with E-state index in [1.54, 1.807) is 29.6 Å². The van der Waals surface area contributed by atoms with Crippen molar-refractivity contribution in [3.63, 3.8) is 0 Å². The highest BCUT2D eigenvalue weighted by molar-refractivity contribution is 7.13. The molecule has 0 aliphatic heterocycles. The minimum atomic E-state index is -0.465. The Morgan fingerprint density at radius 2 is 1.77 bits per heavy atom. The quantitative estimate of drug-likeness (QED) is 0.744. The smallest absolute Gasteiger partial charge is 0.270 e. The summed E-state index contributed by atoms with van der Waals surface area (Å²) in [5, 5.41) is 5.41. The molecule has 3 N–H and O–H groups in total. The first-order valence-corrected chi connectivity index (χ1v) is 9.57. The van der Waals surface area contributed by atoms with Gasteiger partial charge in [0.1, 0.15) is 10.7 Å². The van der Waals surface area contributed by atoms with E-state index in [2.05, 4.69) is 42.9 Å². The van der Waals surface area contributed by atoms with E-state index < -0.39 is 5.91 Å². The Morgan fingerprint density at radius 3 is 2.31 bits per heavy atom. The summed E-state index contributed by atoms with van der Waals surface area (Å²) in [4.78, 5) is 30.2. The molecule has 2 amide bonds. The van der Waals surface area contributed by atoms with E-state index in [4.69, 9.17) is 5.73 Å². The first kappa shape index (κ1) is 20.1. The molecule has 0 saturated carbocycles. The number of hydrogen-bond acceptors (Lipinski definition) is 5. The highest BCUT2D eigenvalue weighted by Gasteiger charge is 2.15. The summed E-state index contributed by atoms with van der Waals surface area (Å²) >= 11 is 1.40. The van der Waals surface area contributed by atoms with Crippen LogP contribution in [-0.2, 0) is 0 Å². The summed E-state index contributed by atoms with van der Waals surface area (Å²) in [6.45, 7) is 9.98. The van der Waals surface area contributed by atoms with Crippen molar-refractivity contribution in [1.82, 2.24) is 15.2 Å². The molecular weight excluding hydrogens is 348 g/mol. The maximum atomic E-state index is 12.3. The molecule has 2 aromatic rings. The summed E-state index contributed by atoms with van der Waals surface area (Å²) in [6, 6.07) is 7.74. The van der Waals surface area contributed by atoms with E-state index >= 15 is 0 Å². The first-order chi connectivity index (χ1) is 12.3. The van der Waals surface area contributed by atoms with Crippen LogP contribution >= 0.6 is 11.3 Å². The fraction of sp³-hybridized carbons (Fsp3) is 0.421. The standard InChI is InChI=1S/C19H26N4O2S/c1-12(2)23(13(3)4)10-9-21-18(25)16-11-26-19(22-16)15-7-5-14(6-8-15)17(20)24/h5-8,11-13H,9-10H2,1-4H3,(H2,20,24)(H,21,25). The fourth-order valence-electron chi connectivity index (χ4n) is 2.79. The maximum Gasteiger partial charge on any atom is 0.270 e. The molecule has 2 rings (SSSR count). The van der Waals surface area contributed by atoms with Crippen LogP contribution in [0.25, 0.3) is 10.6 Å². The largest absolute Gasteiger partial charge is 0.366 e. The summed E-state index contributed by atoms with van der Waals surface area (Å²) in [5.41, 5.74) is 6.95. The van der Waals surface area contributed by atoms with Crippen LogP contribution in [0, 0.1) is 0 Å². The number of hydrogen-bond donors (Lipinski definition) is 2. The highest BCUT2D eigenvalue weighted by atomic mass is 32.1. The first-order valence-electron chi connectivity index (χ1n) is 8.69. The highest BCUT2D eigenvalue weighted by Crippen LogP contribution is 2.24. The van der Waals surface area contributed by atoms with Gasteiger partial charge in [-0.25, -0.2) is 4.98 Å². The van der Waals surface area contributed by atoms with Crippen molar-refractivity contribution in [2.75, 3.05) is 13.1 Å². The Hall–Kier alpha value is -2.25. The monoisotopic (exact) mass is 374 g/mol. The number of nitrogens with zero attached hydrogens (tertiary/aromatic N) is 2. The molecule has 0 atom stereocenters. The average Bonchev–Trinajstić information content (AvgIpc) is 3.08. The Kier molecular flexibility index (Phi) is 6.88. The van der Waals surface area contributed by atoms with Crippen LogP contribution < -0.4 is 11.1 Å². The van der Waals surface area contributed by atoms with E-state index in [0.717, 1.165) is 17.1 Å². The van der Waals surface area contributed by atoms with Crippen molar-refractivity contribution in [3.8, 4) is 10.6 Å². The van der Waals surface area contributed by atoms with Gasteiger partial charge in [0.25, 0.3) is 5.91 Å². The number of primary amides is 1. The van der Waals surface area contributed by atoms with Crippen molar-refractivity contribution in [2.45, 2.75) is 39.8 Å². The molecule has 0 spiro atoms. The molecule has 0 fully saturated rings. The molecule has 0 aliphatic carbocycles. The number of aromatic nitrogens is 1. The molecule has 0 bridgehead atoms. The average molecular weight is 375 g/mol. The van der Waals surface area contributed by atoms with Gasteiger partial charge in [-0.1, -0.05) is 12.1 Å². The Labute approximate surface area is 158 Å². The van der Waals surface area contributed by atoms with Crippen molar-refractivity contribution < 1.29 is 9.59 Å². The minimum absolute atomic E-state index is 0.172. The molecule has 26 heavy (non-hydrogen) atoms. The van der Waals surface area contributed by atoms with Gasteiger partial charge in [0.05, 0.1) is 0 Å². The zero-order valence-corrected chi connectivity index (χ0v) is 16.5. The number of nitrogens with two attached hydrogens (primary N) is 1. The van der Waals surface area contributed by atoms with Gasteiger partial charge >= 0.3 is 0 Å². The molecule has 7 heteroatoms. The van der Waals surface area contributed by atoms with Gasteiger partial charge in [-0.2, -0.15) is 0 Å². The van der Waals surface area contributed by atoms with Gasteiger partial charge in [0.15, 0.2) is 0 Å². The maximum absolute atomic E-state index is 12.3. The number of rotatable bonds is 8. The fourth-order valence-corrected chi connectivity index (χ4v) is 3.60. The molecule has 6 nitrogen and oxygen atoms in total. The topological polar surface area (TPSA) is 88.3 Å². The van der Waals surface area contributed by atoms with E-state index in [1.165, 1.54) is 11.3 Å². The van der Waals surface area contributed by atoms with Crippen LogP contribution in [-0.4, -0.2) is 46.9 Å². The van der Waals surface area contributed by atoms with Gasteiger partial charge < -0.3 is 11.1 Å². The number of benzene rings is 1. The molecule has 1 aromatic heterocycles. The lowest BCUT2D eigenvalue weighted by atomic mass is 10.1. The van der Waals surface area contributed by atoms with Crippen molar-refractivity contribution in [1.29, 1.82) is 0 Å². The van der Waals surface area contributed by atoms with Crippen LogP contribution in [0.1, 0.15) is 48.5 Å². The molecule has 140 valence electrons. The minimum Gasteiger partial charge on any atom is -0.366 e. The number of nitrogens with one attached hydrogen (secondary N) is 1. The number of thiazole rings is 1. The lowest BCUT2D eigenvalue weighted by molar-refractivity contribution is 0.0934. The second-order valence-electron chi connectivity index (χ2n) is 6.66. The van der Waals surface area contributed by atoms with E-state index in [1.807, 2.05) is 0 Å². The molecule has 1 heterocycles. The zero-order chi connectivity index (χ0) is 19.3. The van der Waals surface area contributed by atoms with Crippen LogP contribution in [0.5, 0.6) is 0 Å². The third-order valence-electron chi connectivity index (χ3n) is 4.14. The van der Waals surface area contributed by atoms with Gasteiger partial charge in [-0.15, -0.1) is 11.3 Å². The van der Waals surface area contributed by atoms with Crippen LogP contribution in [0.3, 0.4) is 0 Å². The number of carbonyl (C=O) groups is 2. The Morgan fingerprint density at radius 1 is 1.15 bits per heavy atom. The molecule has 0 unspecified atom stereocenters. The second kappa shape index (κ2) is 8.91. The lowest BCUT2D eigenvalue weighted by Crippen LogP contribution is -2.42. The Balaban J connectivity index is 1.96. The molecule has 1 aromatic carbocycles. The molecule has 0 radical (unpaired) electrons.